The molecule has 0 radical (unpaired) electrons. The first-order chi connectivity index (χ1) is 15.1. The van der Waals surface area contributed by atoms with E-state index in [4.69, 9.17) is 4.84 Å². The number of hydrogen-bond acceptors (Lipinski definition) is 6. The predicted octanol–water partition coefficient (Wildman–Crippen LogP) is 2.46. The van der Waals surface area contributed by atoms with Crippen molar-refractivity contribution in [2.45, 2.75) is 38.6 Å². The summed E-state index contributed by atoms with van der Waals surface area (Å²) in [4.78, 5) is 26.0. The second-order valence-corrected chi connectivity index (χ2v) is 9.98. The number of sulfonamides is 1. The number of carbonyl (C=O) groups is 1. The second-order valence-electron chi connectivity index (χ2n) is 7.94. The summed E-state index contributed by atoms with van der Waals surface area (Å²) in [7, 11) is -0.561. The van der Waals surface area contributed by atoms with Crippen molar-refractivity contribution in [1.82, 2.24) is 19.8 Å². The van der Waals surface area contributed by atoms with Crippen LogP contribution in [0.2, 0.25) is 0 Å². The highest BCUT2D eigenvalue weighted by atomic mass is 32.2. The fourth-order valence-electron chi connectivity index (χ4n) is 4.11. The van der Waals surface area contributed by atoms with Crippen molar-refractivity contribution in [2.75, 3.05) is 19.9 Å². The summed E-state index contributed by atoms with van der Waals surface area (Å²) >= 11 is 0. The van der Waals surface area contributed by atoms with Crippen molar-refractivity contribution in [3.8, 4) is 11.4 Å². The molecular weight excluding hydrogens is 442 g/mol. The Morgan fingerprint density at radius 3 is 2.62 bits per heavy atom. The molecule has 0 bridgehead atoms. The van der Waals surface area contributed by atoms with Crippen LogP contribution < -0.4 is 4.72 Å². The summed E-state index contributed by atoms with van der Waals surface area (Å²) in [6.07, 6.45) is 3.33. The molecule has 2 aromatic rings. The smallest absolute Gasteiger partial charge is 0.252 e. The molecule has 1 fully saturated rings. The van der Waals surface area contributed by atoms with Crippen LogP contribution in [0.3, 0.4) is 0 Å². The quantitative estimate of drug-likeness (QED) is 0.598. The van der Waals surface area contributed by atoms with Crippen LogP contribution in [0.4, 0.5) is 8.78 Å². The largest absolute Gasteiger partial charge is 0.275 e. The van der Waals surface area contributed by atoms with Gasteiger partial charge in [0, 0.05) is 13.1 Å². The van der Waals surface area contributed by atoms with E-state index in [1.165, 1.54) is 26.3 Å². The van der Waals surface area contributed by atoms with Crippen LogP contribution in [-0.2, 0) is 26.1 Å². The summed E-state index contributed by atoms with van der Waals surface area (Å²) in [6, 6.07) is 3.96. The topological polar surface area (TPSA) is 101 Å². The normalized spacial score (nSPS) is 21.0. The van der Waals surface area contributed by atoms with E-state index in [2.05, 4.69) is 14.7 Å². The average Bonchev–Trinajstić information content (AvgIpc) is 3.17. The molecule has 1 saturated carbocycles. The molecule has 0 aliphatic heterocycles. The van der Waals surface area contributed by atoms with Gasteiger partial charge in [-0.1, -0.05) is 6.07 Å². The van der Waals surface area contributed by atoms with Gasteiger partial charge in [0.15, 0.2) is 11.6 Å². The van der Waals surface area contributed by atoms with Crippen LogP contribution in [-0.4, -0.2) is 55.3 Å². The minimum absolute atomic E-state index is 0.0279. The van der Waals surface area contributed by atoms with Gasteiger partial charge in [-0.15, -0.1) is 0 Å². The van der Waals surface area contributed by atoms with Crippen molar-refractivity contribution in [3.05, 3.63) is 47.8 Å². The van der Waals surface area contributed by atoms with Crippen molar-refractivity contribution in [1.29, 1.82) is 0 Å². The predicted molar refractivity (Wildman–Crippen MR) is 114 cm³/mol. The molecule has 174 valence electrons. The number of hydroxylamine groups is 2. The van der Waals surface area contributed by atoms with Crippen LogP contribution in [0.5, 0.6) is 0 Å². The first kappa shape index (κ1) is 24.1. The summed E-state index contributed by atoms with van der Waals surface area (Å²) < 4.78 is 54.3. The van der Waals surface area contributed by atoms with Gasteiger partial charge in [0.25, 0.3) is 5.91 Å². The van der Waals surface area contributed by atoms with Crippen molar-refractivity contribution in [3.63, 3.8) is 0 Å². The molecule has 1 aromatic heterocycles. The van der Waals surface area contributed by atoms with Crippen LogP contribution >= 0.6 is 0 Å². The third-order valence-electron chi connectivity index (χ3n) is 5.78. The molecule has 1 aromatic carbocycles. The molecule has 11 heteroatoms. The Balaban J connectivity index is 1.93. The lowest BCUT2D eigenvalue weighted by Gasteiger charge is -2.32. The Labute approximate surface area is 186 Å². The molecule has 32 heavy (non-hydrogen) atoms. The third kappa shape index (κ3) is 5.28. The number of benzene rings is 1. The number of rotatable bonds is 8. The van der Waals surface area contributed by atoms with Gasteiger partial charge in [0.05, 0.1) is 36.2 Å². The maximum absolute atomic E-state index is 14.4. The van der Waals surface area contributed by atoms with E-state index < -0.39 is 33.1 Å². The van der Waals surface area contributed by atoms with E-state index in [0.29, 0.717) is 18.4 Å². The number of carbonyl (C=O) groups excluding carboxylic acids is 1. The van der Waals surface area contributed by atoms with Gasteiger partial charge in [-0.25, -0.2) is 37.0 Å². The molecule has 0 spiro atoms. The van der Waals surface area contributed by atoms with Gasteiger partial charge >= 0.3 is 0 Å². The Kier molecular flexibility index (Phi) is 7.21. The summed E-state index contributed by atoms with van der Waals surface area (Å²) in [5.74, 6) is -1.53. The lowest BCUT2D eigenvalue weighted by Crippen LogP contribution is -2.43. The first-order valence-electron chi connectivity index (χ1n) is 10.2. The van der Waals surface area contributed by atoms with Gasteiger partial charge in [-0.3, -0.25) is 9.63 Å². The molecule has 1 amide bonds. The fourth-order valence-corrected chi connectivity index (χ4v) is 4.98. The molecule has 1 aliphatic rings. The highest BCUT2D eigenvalue weighted by molar-refractivity contribution is 7.89. The highest BCUT2D eigenvalue weighted by Gasteiger charge is 2.47. The maximum atomic E-state index is 14.4. The summed E-state index contributed by atoms with van der Waals surface area (Å²) in [5.41, 5.74) is -0.206. The second kappa shape index (κ2) is 9.55. The number of aromatic nitrogens is 2. The monoisotopic (exact) mass is 468 g/mol. The molecule has 2 atom stereocenters. The van der Waals surface area contributed by atoms with Crippen LogP contribution in [0.1, 0.15) is 31.7 Å². The number of hydrogen-bond donors (Lipinski definition) is 1. The molecule has 0 saturated heterocycles. The SMILES string of the molecule is CCS(=O)(=O)N[C@H]1CC[C@](Cc2ccc(F)c(-c3ncc(F)cn3)c2)(C(=O)N(C)OC)C1. The van der Waals surface area contributed by atoms with Gasteiger partial charge in [0.1, 0.15) is 5.82 Å². The zero-order valence-electron chi connectivity index (χ0n) is 18.1. The van der Waals surface area contributed by atoms with Gasteiger partial charge in [-0.05, 0) is 50.3 Å². The Morgan fingerprint density at radius 2 is 2.00 bits per heavy atom. The van der Waals surface area contributed by atoms with E-state index in [-0.39, 0.29) is 35.9 Å². The minimum Gasteiger partial charge on any atom is -0.275 e. The van der Waals surface area contributed by atoms with Crippen LogP contribution in [0.25, 0.3) is 11.4 Å². The molecular formula is C21H26F2N4O4S. The summed E-state index contributed by atoms with van der Waals surface area (Å²) in [5, 5.41) is 1.13. The fraction of sp³-hybridized carbons (Fsp3) is 0.476. The van der Waals surface area contributed by atoms with Crippen molar-refractivity contribution >= 4 is 15.9 Å². The van der Waals surface area contributed by atoms with Crippen LogP contribution in [0.15, 0.2) is 30.6 Å². The summed E-state index contributed by atoms with van der Waals surface area (Å²) in [6.45, 7) is 1.55. The maximum Gasteiger partial charge on any atom is 0.252 e. The highest BCUT2D eigenvalue weighted by Crippen LogP contribution is 2.43. The molecule has 3 rings (SSSR count). The minimum atomic E-state index is -3.43. The van der Waals surface area contributed by atoms with Crippen molar-refractivity contribution in [2.24, 2.45) is 5.41 Å². The number of nitrogens with one attached hydrogen (secondary N) is 1. The van der Waals surface area contributed by atoms with E-state index in [0.717, 1.165) is 17.5 Å². The van der Waals surface area contributed by atoms with Gasteiger partial charge < -0.3 is 0 Å². The van der Waals surface area contributed by atoms with Gasteiger partial charge in [0.2, 0.25) is 10.0 Å². The molecule has 1 aliphatic carbocycles. The first-order valence-corrected chi connectivity index (χ1v) is 11.8. The number of nitrogens with zero attached hydrogens (tertiary/aromatic N) is 3. The standard InChI is InChI=1S/C21H26F2N4O4S/c1-4-32(29,30)26-16-7-8-21(11-16,20(28)27(2)31-3)10-14-5-6-18(23)17(9-14)19-24-12-15(22)13-25-19/h5-6,9,12-13,16,26H,4,7-8,10-11H2,1-3H3/t16-,21+/m0/s1. The lowest BCUT2D eigenvalue weighted by molar-refractivity contribution is -0.180. The zero-order valence-corrected chi connectivity index (χ0v) is 19.0. The van der Waals surface area contributed by atoms with E-state index in [1.54, 1.807) is 13.0 Å². The van der Waals surface area contributed by atoms with E-state index in [1.807, 2.05) is 0 Å². The molecule has 1 N–H and O–H groups in total. The Morgan fingerprint density at radius 1 is 1.31 bits per heavy atom. The molecule has 8 nitrogen and oxygen atoms in total. The lowest BCUT2D eigenvalue weighted by atomic mass is 9.78. The molecule has 0 unspecified atom stereocenters. The Hall–Kier alpha value is -2.50. The number of halogens is 2. The van der Waals surface area contributed by atoms with Crippen LogP contribution in [0, 0.1) is 17.0 Å². The number of amides is 1. The van der Waals surface area contributed by atoms with Crippen molar-refractivity contribution < 1.29 is 26.8 Å². The molecule has 1 heterocycles. The van der Waals surface area contributed by atoms with Gasteiger partial charge in [-0.2, -0.15) is 0 Å². The Bertz CT molecular complexity index is 1080. The van der Waals surface area contributed by atoms with E-state index in [9.17, 15) is 22.0 Å². The zero-order chi connectivity index (χ0) is 23.5. The van der Waals surface area contributed by atoms with E-state index >= 15 is 0 Å². The average molecular weight is 469 g/mol. The third-order valence-corrected chi connectivity index (χ3v) is 7.24.